The van der Waals surface area contributed by atoms with Crippen LogP contribution < -0.4 is 9.88 Å². The van der Waals surface area contributed by atoms with Crippen molar-refractivity contribution in [3.8, 4) is 0 Å². The van der Waals surface area contributed by atoms with Crippen LogP contribution in [-0.4, -0.2) is 4.98 Å². The number of hydrogen-bond donors (Lipinski definition) is 0. The fraction of sp³-hybridized carbons (Fsp3) is 0.214. The SMILES string of the molecule is C=c1nc(C)s/c1=C\c1ccc(CC)cc1. The summed E-state index contributed by atoms with van der Waals surface area (Å²) in [6, 6.07) is 8.63. The third kappa shape index (κ3) is 2.39. The highest BCUT2D eigenvalue weighted by atomic mass is 32.1. The highest BCUT2D eigenvalue weighted by Gasteiger charge is 1.94. The van der Waals surface area contributed by atoms with Crippen LogP contribution in [0.4, 0.5) is 0 Å². The van der Waals surface area contributed by atoms with E-state index in [0.717, 1.165) is 21.3 Å². The minimum absolute atomic E-state index is 0.877. The summed E-state index contributed by atoms with van der Waals surface area (Å²) in [6.45, 7) is 8.12. The predicted octanol–water partition coefficient (Wildman–Crippen LogP) is 2.25. The van der Waals surface area contributed by atoms with Crippen LogP contribution in [0.25, 0.3) is 12.7 Å². The first kappa shape index (κ1) is 11.1. The van der Waals surface area contributed by atoms with Gasteiger partial charge < -0.3 is 0 Å². The van der Waals surface area contributed by atoms with Gasteiger partial charge in [-0.15, -0.1) is 11.3 Å². The molecule has 0 aliphatic rings. The number of thiazole rings is 1. The lowest BCUT2D eigenvalue weighted by molar-refractivity contribution is 1.14. The van der Waals surface area contributed by atoms with E-state index in [2.05, 4.69) is 48.8 Å². The van der Waals surface area contributed by atoms with E-state index in [4.69, 9.17) is 0 Å². The molecule has 2 aromatic rings. The number of aryl methyl sites for hydroxylation is 2. The Bertz CT molecular complexity index is 578. The summed E-state index contributed by atoms with van der Waals surface area (Å²) in [4.78, 5) is 4.32. The second-order valence-electron chi connectivity index (χ2n) is 3.78. The zero-order valence-electron chi connectivity index (χ0n) is 9.66. The highest BCUT2D eigenvalue weighted by Crippen LogP contribution is 2.05. The molecule has 1 heterocycles. The van der Waals surface area contributed by atoms with Gasteiger partial charge in [-0.25, -0.2) is 4.98 Å². The monoisotopic (exact) mass is 229 g/mol. The molecule has 0 amide bonds. The largest absolute Gasteiger partial charge is 0.242 e. The number of hydrogen-bond acceptors (Lipinski definition) is 2. The third-order valence-corrected chi connectivity index (χ3v) is 3.48. The van der Waals surface area contributed by atoms with Crippen LogP contribution in [0, 0.1) is 6.92 Å². The zero-order chi connectivity index (χ0) is 11.5. The van der Waals surface area contributed by atoms with Gasteiger partial charge in [0, 0.05) is 0 Å². The topological polar surface area (TPSA) is 12.9 Å². The number of aromatic nitrogens is 1. The van der Waals surface area contributed by atoms with Gasteiger partial charge >= 0.3 is 0 Å². The standard InChI is InChI=1S/C14H15NS/c1-4-12-5-7-13(8-6-12)9-14-10(2)15-11(3)16-14/h5-9H,2,4H2,1,3H3/b14-9-. The van der Waals surface area contributed by atoms with E-state index in [-0.39, 0.29) is 0 Å². The van der Waals surface area contributed by atoms with Crippen LogP contribution in [0.2, 0.25) is 0 Å². The molecular weight excluding hydrogens is 214 g/mol. The summed E-state index contributed by atoms with van der Waals surface area (Å²) in [5, 5.41) is 1.95. The molecule has 16 heavy (non-hydrogen) atoms. The average molecular weight is 229 g/mol. The van der Waals surface area contributed by atoms with Gasteiger partial charge in [0.25, 0.3) is 0 Å². The Morgan fingerprint density at radius 1 is 1.31 bits per heavy atom. The molecule has 0 fully saturated rings. The van der Waals surface area contributed by atoms with Crippen molar-refractivity contribution >= 4 is 24.0 Å². The molecule has 0 saturated carbocycles. The third-order valence-electron chi connectivity index (χ3n) is 2.52. The van der Waals surface area contributed by atoms with Gasteiger partial charge in [0.05, 0.1) is 14.9 Å². The van der Waals surface area contributed by atoms with Crippen molar-refractivity contribution < 1.29 is 0 Å². The molecule has 0 N–H and O–H groups in total. The van der Waals surface area contributed by atoms with Crippen molar-refractivity contribution in [3.05, 3.63) is 50.3 Å². The summed E-state index contributed by atoms with van der Waals surface area (Å²) >= 11 is 1.69. The van der Waals surface area contributed by atoms with Gasteiger partial charge in [-0.3, -0.25) is 0 Å². The maximum atomic E-state index is 4.32. The van der Waals surface area contributed by atoms with Gasteiger partial charge in [0.15, 0.2) is 0 Å². The van der Waals surface area contributed by atoms with Gasteiger partial charge in [-0.2, -0.15) is 0 Å². The van der Waals surface area contributed by atoms with Crippen LogP contribution in [0.15, 0.2) is 24.3 Å². The molecule has 0 atom stereocenters. The fourth-order valence-electron chi connectivity index (χ4n) is 1.60. The van der Waals surface area contributed by atoms with E-state index in [9.17, 15) is 0 Å². The molecule has 2 rings (SSSR count). The highest BCUT2D eigenvalue weighted by molar-refractivity contribution is 7.09. The van der Waals surface area contributed by atoms with Crippen LogP contribution in [0.5, 0.6) is 0 Å². The molecule has 82 valence electrons. The Balaban J connectivity index is 2.43. The average Bonchev–Trinajstić information content (AvgIpc) is 2.59. The maximum absolute atomic E-state index is 4.32. The van der Waals surface area contributed by atoms with Crippen molar-refractivity contribution in [1.29, 1.82) is 0 Å². The van der Waals surface area contributed by atoms with Crippen molar-refractivity contribution in [1.82, 2.24) is 4.98 Å². The first-order valence-electron chi connectivity index (χ1n) is 5.42. The smallest absolute Gasteiger partial charge is 0.0907 e. The Morgan fingerprint density at radius 3 is 2.50 bits per heavy atom. The van der Waals surface area contributed by atoms with E-state index in [0.29, 0.717) is 0 Å². The summed E-state index contributed by atoms with van der Waals surface area (Å²) in [5.41, 5.74) is 2.58. The normalized spacial score (nSPS) is 12.0. The molecular formula is C14H15NS. The minimum Gasteiger partial charge on any atom is -0.242 e. The van der Waals surface area contributed by atoms with Gasteiger partial charge in [0.2, 0.25) is 0 Å². The lowest BCUT2D eigenvalue weighted by atomic mass is 10.1. The van der Waals surface area contributed by atoms with Crippen LogP contribution in [0.1, 0.15) is 23.1 Å². The van der Waals surface area contributed by atoms with E-state index in [1.165, 1.54) is 11.1 Å². The van der Waals surface area contributed by atoms with E-state index >= 15 is 0 Å². The summed E-state index contributed by atoms with van der Waals surface area (Å²) in [7, 11) is 0. The van der Waals surface area contributed by atoms with Gasteiger partial charge in [-0.05, 0) is 30.5 Å². The van der Waals surface area contributed by atoms with Crippen LogP contribution in [-0.2, 0) is 6.42 Å². The van der Waals surface area contributed by atoms with Crippen molar-refractivity contribution in [3.63, 3.8) is 0 Å². The molecule has 0 spiro atoms. The summed E-state index contributed by atoms with van der Waals surface area (Å²) < 4.78 is 1.15. The van der Waals surface area contributed by atoms with E-state index in [1.54, 1.807) is 11.3 Å². The molecule has 0 aliphatic carbocycles. The lowest BCUT2D eigenvalue weighted by Gasteiger charge is -1.96. The second-order valence-corrected chi connectivity index (χ2v) is 5.02. The molecule has 1 aromatic heterocycles. The fourth-order valence-corrected chi connectivity index (χ4v) is 2.43. The molecule has 0 radical (unpaired) electrons. The Labute approximate surface area is 99.8 Å². The molecule has 1 aromatic carbocycles. The molecule has 0 aliphatic heterocycles. The summed E-state index contributed by atoms with van der Waals surface area (Å²) in [5.74, 6) is 0. The zero-order valence-corrected chi connectivity index (χ0v) is 10.5. The number of nitrogens with zero attached hydrogens (tertiary/aromatic N) is 1. The molecule has 1 nitrogen and oxygen atoms in total. The molecule has 2 heteroatoms. The molecule has 0 saturated heterocycles. The number of rotatable bonds is 2. The van der Waals surface area contributed by atoms with E-state index in [1.807, 2.05) is 6.92 Å². The Morgan fingerprint density at radius 2 is 2.00 bits per heavy atom. The first-order chi connectivity index (χ1) is 7.69. The first-order valence-corrected chi connectivity index (χ1v) is 6.23. The molecule has 0 bridgehead atoms. The van der Waals surface area contributed by atoms with Gasteiger partial charge in [0.1, 0.15) is 0 Å². The van der Waals surface area contributed by atoms with Crippen LogP contribution >= 0.6 is 11.3 Å². The maximum Gasteiger partial charge on any atom is 0.0907 e. The lowest BCUT2D eigenvalue weighted by Crippen LogP contribution is -2.18. The minimum atomic E-state index is 0.877. The van der Waals surface area contributed by atoms with Crippen LogP contribution in [0.3, 0.4) is 0 Å². The van der Waals surface area contributed by atoms with Crippen molar-refractivity contribution in [2.45, 2.75) is 20.3 Å². The summed E-state index contributed by atoms with van der Waals surface area (Å²) in [6.07, 6.45) is 3.23. The number of benzene rings is 1. The Kier molecular flexibility index (Phi) is 3.20. The molecule has 0 unspecified atom stereocenters. The predicted molar refractivity (Wildman–Crippen MR) is 71.0 cm³/mol. The van der Waals surface area contributed by atoms with E-state index < -0.39 is 0 Å². The van der Waals surface area contributed by atoms with Gasteiger partial charge in [-0.1, -0.05) is 37.8 Å². The second kappa shape index (κ2) is 4.62. The van der Waals surface area contributed by atoms with Crippen molar-refractivity contribution in [2.75, 3.05) is 0 Å². The Hall–Kier alpha value is -1.41. The quantitative estimate of drug-likeness (QED) is 0.769. The van der Waals surface area contributed by atoms with Crippen molar-refractivity contribution in [2.24, 2.45) is 0 Å².